The van der Waals surface area contributed by atoms with E-state index in [1.807, 2.05) is 67.9 Å². The molecule has 0 fully saturated rings. The number of nitrogens with zero attached hydrogens (tertiary/aromatic N) is 2. The molecule has 3 rings (SSSR count). The van der Waals surface area contributed by atoms with Crippen LogP contribution in [0.2, 0.25) is 0 Å². The van der Waals surface area contributed by atoms with Gasteiger partial charge in [-0.2, -0.15) is 0 Å². The summed E-state index contributed by atoms with van der Waals surface area (Å²) in [6.45, 7) is 5.60. The highest BCUT2D eigenvalue weighted by Gasteiger charge is 2.20. The molecule has 0 unspecified atom stereocenters. The minimum atomic E-state index is -3.57. The Morgan fingerprint density at radius 3 is 2.40 bits per heavy atom. The zero-order valence-corrected chi connectivity index (χ0v) is 15.3. The first-order valence-corrected chi connectivity index (χ1v) is 9.53. The first kappa shape index (κ1) is 17.4. The van der Waals surface area contributed by atoms with E-state index in [0.29, 0.717) is 4.90 Å². The van der Waals surface area contributed by atoms with Crippen molar-refractivity contribution in [3.8, 4) is 5.69 Å². The predicted octanol–water partition coefficient (Wildman–Crippen LogP) is 3.53. The van der Waals surface area contributed by atoms with Crippen molar-refractivity contribution in [1.82, 2.24) is 14.3 Å². The highest BCUT2D eigenvalue weighted by Crippen LogP contribution is 2.21. The van der Waals surface area contributed by atoms with E-state index in [2.05, 4.69) is 9.71 Å². The van der Waals surface area contributed by atoms with Crippen molar-refractivity contribution in [3.63, 3.8) is 0 Å². The van der Waals surface area contributed by atoms with E-state index in [-0.39, 0.29) is 6.04 Å². The summed E-state index contributed by atoms with van der Waals surface area (Å²) in [4.78, 5) is 4.34. The Balaban J connectivity index is 1.80. The Labute approximate surface area is 148 Å². The molecule has 0 bridgehead atoms. The van der Waals surface area contributed by atoms with Gasteiger partial charge in [0.2, 0.25) is 10.0 Å². The number of imidazole rings is 1. The van der Waals surface area contributed by atoms with E-state index in [9.17, 15) is 8.42 Å². The predicted molar refractivity (Wildman–Crippen MR) is 98.2 cm³/mol. The zero-order valence-electron chi connectivity index (χ0n) is 14.5. The van der Waals surface area contributed by atoms with Crippen molar-refractivity contribution >= 4 is 10.0 Å². The number of hydrogen-bond acceptors (Lipinski definition) is 3. The van der Waals surface area contributed by atoms with E-state index < -0.39 is 10.0 Å². The SMILES string of the molecule is Cc1ccc(S(=O)(=O)N[C@@H](C)c2ccc(-n3ccnc3)cc2)c(C)c1. The van der Waals surface area contributed by atoms with E-state index >= 15 is 0 Å². The third kappa shape index (κ3) is 3.81. The Bertz CT molecular complexity index is 962. The van der Waals surface area contributed by atoms with Crippen molar-refractivity contribution in [3.05, 3.63) is 77.9 Å². The second-order valence-electron chi connectivity index (χ2n) is 6.17. The van der Waals surface area contributed by atoms with Gasteiger partial charge >= 0.3 is 0 Å². The summed E-state index contributed by atoms with van der Waals surface area (Å²) in [6.07, 6.45) is 5.30. The standard InChI is InChI=1S/C19H21N3O2S/c1-14-4-9-19(15(2)12-14)25(23,24)21-16(3)17-5-7-18(8-6-17)22-11-10-20-13-22/h4-13,16,21H,1-3H3/t16-/m0/s1. The van der Waals surface area contributed by atoms with Crippen molar-refractivity contribution in [2.45, 2.75) is 31.7 Å². The van der Waals surface area contributed by atoms with Crippen LogP contribution in [0.3, 0.4) is 0 Å². The Morgan fingerprint density at radius 2 is 1.80 bits per heavy atom. The van der Waals surface area contributed by atoms with Gasteiger partial charge in [-0.1, -0.05) is 29.8 Å². The molecule has 0 radical (unpaired) electrons. The normalized spacial score (nSPS) is 12.9. The minimum Gasteiger partial charge on any atom is -0.306 e. The molecule has 0 aliphatic heterocycles. The number of nitrogens with one attached hydrogen (secondary N) is 1. The topological polar surface area (TPSA) is 64.0 Å². The van der Waals surface area contributed by atoms with E-state index in [4.69, 9.17) is 0 Å². The molecule has 1 aromatic heterocycles. The number of aryl methyl sites for hydroxylation is 2. The number of sulfonamides is 1. The van der Waals surface area contributed by atoms with Crippen LogP contribution in [-0.4, -0.2) is 18.0 Å². The molecule has 0 saturated carbocycles. The molecular formula is C19H21N3O2S. The van der Waals surface area contributed by atoms with E-state index in [0.717, 1.165) is 22.4 Å². The van der Waals surface area contributed by atoms with Gasteiger partial charge < -0.3 is 4.57 Å². The maximum absolute atomic E-state index is 12.7. The molecule has 1 heterocycles. The van der Waals surface area contributed by atoms with Gasteiger partial charge in [-0.05, 0) is 50.1 Å². The molecule has 0 aliphatic carbocycles. The maximum Gasteiger partial charge on any atom is 0.241 e. The average molecular weight is 355 g/mol. The summed E-state index contributed by atoms with van der Waals surface area (Å²) in [5.41, 5.74) is 3.66. The van der Waals surface area contributed by atoms with Crippen LogP contribution in [-0.2, 0) is 10.0 Å². The number of benzene rings is 2. The Hall–Kier alpha value is -2.44. The third-order valence-electron chi connectivity index (χ3n) is 4.15. The fourth-order valence-electron chi connectivity index (χ4n) is 2.81. The van der Waals surface area contributed by atoms with Crippen LogP contribution in [0.4, 0.5) is 0 Å². The first-order chi connectivity index (χ1) is 11.9. The fraction of sp³-hybridized carbons (Fsp3) is 0.211. The summed E-state index contributed by atoms with van der Waals surface area (Å²) >= 11 is 0. The van der Waals surface area contributed by atoms with Gasteiger partial charge in [0, 0.05) is 24.1 Å². The second kappa shape index (κ2) is 6.82. The molecule has 0 aliphatic rings. The van der Waals surface area contributed by atoms with E-state index in [1.54, 1.807) is 18.6 Å². The fourth-order valence-corrected chi connectivity index (χ4v) is 4.27. The van der Waals surface area contributed by atoms with E-state index in [1.165, 1.54) is 0 Å². The summed E-state index contributed by atoms with van der Waals surface area (Å²) in [5.74, 6) is 0. The molecular weight excluding hydrogens is 334 g/mol. The molecule has 0 spiro atoms. The van der Waals surface area contributed by atoms with Crippen molar-refractivity contribution in [2.24, 2.45) is 0 Å². The monoisotopic (exact) mass is 355 g/mol. The van der Waals surface area contributed by atoms with Gasteiger partial charge in [0.15, 0.2) is 0 Å². The van der Waals surface area contributed by atoms with Crippen LogP contribution in [0, 0.1) is 13.8 Å². The Morgan fingerprint density at radius 1 is 1.08 bits per heavy atom. The van der Waals surface area contributed by atoms with Crippen molar-refractivity contribution in [1.29, 1.82) is 0 Å². The smallest absolute Gasteiger partial charge is 0.241 e. The van der Waals surface area contributed by atoms with Gasteiger partial charge in [0.1, 0.15) is 0 Å². The molecule has 1 atom stereocenters. The van der Waals surface area contributed by atoms with Gasteiger partial charge in [0.05, 0.1) is 11.2 Å². The zero-order chi connectivity index (χ0) is 18.0. The van der Waals surface area contributed by atoms with Gasteiger partial charge in [-0.15, -0.1) is 0 Å². The number of aromatic nitrogens is 2. The largest absolute Gasteiger partial charge is 0.306 e. The third-order valence-corrected chi connectivity index (χ3v) is 5.85. The van der Waals surface area contributed by atoms with Gasteiger partial charge in [-0.25, -0.2) is 18.1 Å². The summed E-state index contributed by atoms with van der Waals surface area (Å²) in [6, 6.07) is 12.7. The number of hydrogen-bond donors (Lipinski definition) is 1. The molecule has 5 nitrogen and oxygen atoms in total. The van der Waals surface area contributed by atoms with Crippen LogP contribution >= 0.6 is 0 Å². The van der Waals surface area contributed by atoms with Gasteiger partial charge in [0.25, 0.3) is 0 Å². The van der Waals surface area contributed by atoms with Crippen LogP contribution < -0.4 is 4.72 Å². The average Bonchev–Trinajstić information content (AvgIpc) is 3.08. The van der Waals surface area contributed by atoms with Crippen molar-refractivity contribution in [2.75, 3.05) is 0 Å². The van der Waals surface area contributed by atoms with Crippen LogP contribution in [0.25, 0.3) is 5.69 Å². The quantitative estimate of drug-likeness (QED) is 0.761. The molecule has 6 heteroatoms. The van der Waals surface area contributed by atoms with Crippen LogP contribution in [0.5, 0.6) is 0 Å². The minimum absolute atomic E-state index is 0.319. The number of rotatable bonds is 5. The molecule has 2 aromatic carbocycles. The van der Waals surface area contributed by atoms with Gasteiger partial charge in [-0.3, -0.25) is 0 Å². The summed E-state index contributed by atoms with van der Waals surface area (Å²) in [5, 5.41) is 0. The highest BCUT2D eigenvalue weighted by atomic mass is 32.2. The first-order valence-electron chi connectivity index (χ1n) is 8.05. The maximum atomic E-state index is 12.7. The molecule has 0 amide bonds. The molecule has 3 aromatic rings. The highest BCUT2D eigenvalue weighted by molar-refractivity contribution is 7.89. The summed E-state index contributed by atoms with van der Waals surface area (Å²) in [7, 11) is -3.57. The molecule has 1 N–H and O–H groups in total. The molecule has 25 heavy (non-hydrogen) atoms. The van der Waals surface area contributed by atoms with Crippen molar-refractivity contribution < 1.29 is 8.42 Å². The summed E-state index contributed by atoms with van der Waals surface area (Å²) < 4.78 is 30.0. The molecule has 130 valence electrons. The lowest BCUT2D eigenvalue weighted by atomic mass is 10.1. The Kier molecular flexibility index (Phi) is 4.74. The lowest BCUT2D eigenvalue weighted by Gasteiger charge is -2.16. The van der Waals surface area contributed by atoms with Crippen LogP contribution in [0.1, 0.15) is 29.7 Å². The lowest BCUT2D eigenvalue weighted by Crippen LogP contribution is -2.27. The second-order valence-corrected chi connectivity index (χ2v) is 7.86. The lowest BCUT2D eigenvalue weighted by molar-refractivity contribution is 0.566. The molecule has 0 saturated heterocycles. The van der Waals surface area contributed by atoms with Crippen LogP contribution in [0.15, 0.2) is 66.1 Å².